The van der Waals surface area contributed by atoms with Crippen molar-refractivity contribution >= 4 is 0 Å². The van der Waals surface area contributed by atoms with Gasteiger partial charge in [0.1, 0.15) is 0 Å². The molecule has 0 saturated heterocycles. The minimum atomic E-state index is 0.332. The Labute approximate surface area is 113 Å². The van der Waals surface area contributed by atoms with Crippen LogP contribution >= 0.6 is 0 Å². The quantitative estimate of drug-likeness (QED) is 0.779. The number of fused-ring (bicyclic) bond motifs is 1. The van der Waals surface area contributed by atoms with Crippen LogP contribution in [-0.4, -0.2) is 11.4 Å². The average Bonchev–Trinajstić information content (AvgIpc) is 2.79. The van der Waals surface area contributed by atoms with Crippen molar-refractivity contribution in [1.29, 1.82) is 5.26 Å². The molecule has 1 unspecified atom stereocenters. The summed E-state index contributed by atoms with van der Waals surface area (Å²) in [5.41, 5.74) is 4.06. The first-order chi connectivity index (χ1) is 9.38. The van der Waals surface area contributed by atoms with Gasteiger partial charge in [-0.1, -0.05) is 54.6 Å². The van der Waals surface area contributed by atoms with Crippen molar-refractivity contribution in [3.05, 3.63) is 71.3 Å². The zero-order valence-electron chi connectivity index (χ0n) is 10.8. The molecular weight excluding hydrogens is 232 g/mol. The molecule has 0 spiro atoms. The van der Waals surface area contributed by atoms with Gasteiger partial charge in [-0.3, -0.25) is 4.90 Å². The number of hydrogen-bond donors (Lipinski definition) is 0. The molecule has 2 aromatic carbocycles. The van der Waals surface area contributed by atoms with Crippen LogP contribution in [0.2, 0.25) is 0 Å². The molecule has 0 bridgehead atoms. The summed E-state index contributed by atoms with van der Waals surface area (Å²) in [5, 5.41) is 9.00. The molecule has 1 aliphatic rings. The first-order valence-electron chi connectivity index (χ1n) is 6.61. The van der Waals surface area contributed by atoms with Crippen LogP contribution in [0.3, 0.4) is 0 Å². The molecule has 1 aliphatic heterocycles. The highest BCUT2D eigenvalue weighted by atomic mass is 15.2. The maximum Gasteiger partial charge on any atom is 0.0874 e. The van der Waals surface area contributed by atoms with Crippen molar-refractivity contribution in [2.45, 2.75) is 19.0 Å². The molecule has 19 heavy (non-hydrogen) atoms. The second-order valence-corrected chi connectivity index (χ2v) is 4.97. The Morgan fingerprint density at radius 1 is 1.05 bits per heavy atom. The molecule has 0 saturated carbocycles. The van der Waals surface area contributed by atoms with Crippen LogP contribution in [-0.2, 0) is 13.0 Å². The second-order valence-electron chi connectivity index (χ2n) is 4.97. The van der Waals surface area contributed by atoms with Gasteiger partial charge in [-0.15, -0.1) is 0 Å². The number of nitrogens with zero attached hydrogens (tertiary/aromatic N) is 2. The summed E-state index contributed by atoms with van der Waals surface area (Å²) in [5.74, 6) is 0. The molecule has 0 N–H and O–H groups in total. The molecule has 94 valence electrons. The minimum Gasteiger partial charge on any atom is -0.279 e. The van der Waals surface area contributed by atoms with E-state index < -0.39 is 0 Å². The van der Waals surface area contributed by atoms with E-state index in [1.54, 1.807) is 0 Å². The van der Waals surface area contributed by atoms with E-state index in [4.69, 9.17) is 5.26 Å². The lowest BCUT2D eigenvalue weighted by Gasteiger charge is -2.22. The molecule has 2 heteroatoms. The molecule has 1 atom stereocenters. The van der Waals surface area contributed by atoms with Crippen molar-refractivity contribution in [3.8, 4) is 6.07 Å². The van der Waals surface area contributed by atoms with Gasteiger partial charge in [-0.2, -0.15) is 5.26 Å². The molecule has 1 heterocycles. The maximum absolute atomic E-state index is 9.00. The lowest BCUT2D eigenvalue weighted by molar-refractivity contribution is 0.241. The summed E-state index contributed by atoms with van der Waals surface area (Å²) in [6.07, 6.45) is 0.972. The van der Waals surface area contributed by atoms with E-state index in [0.717, 1.165) is 13.0 Å². The van der Waals surface area contributed by atoms with Crippen molar-refractivity contribution in [2.24, 2.45) is 0 Å². The lowest BCUT2D eigenvalue weighted by Crippen LogP contribution is -2.24. The molecule has 2 aromatic rings. The highest BCUT2D eigenvalue weighted by Crippen LogP contribution is 2.35. The SMILES string of the molecule is N#CCN1Cc2ccccc2C1Cc1ccccc1. The molecule has 3 rings (SSSR count). The van der Waals surface area contributed by atoms with Gasteiger partial charge < -0.3 is 0 Å². The molecule has 0 radical (unpaired) electrons. The van der Waals surface area contributed by atoms with Gasteiger partial charge in [0.15, 0.2) is 0 Å². The third-order valence-corrected chi connectivity index (χ3v) is 3.77. The summed E-state index contributed by atoms with van der Waals surface area (Å²) < 4.78 is 0. The first kappa shape index (κ1) is 12.0. The Morgan fingerprint density at radius 2 is 1.79 bits per heavy atom. The predicted octanol–water partition coefficient (Wildman–Crippen LogP) is 3.31. The van der Waals surface area contributed by atoms with E-state index in [0.29, 0.717) is 12.6 Å². The van der Waals surface area contributed by atoms with Crippen LogP contribution in [0, 0.1) is 11.3 Å². The predicted molar refractivity (Wildman–Crippen MR) is 75.4 cm³/mol. The standard InChI is InChI=1S/C17H16N2/c18-10-11-19-13-15-8-4-5-9-16(15)17(19)12-14-6-2-1-3-7-14/h1-9,17H,11-13H2. The molecule has 0 aromatic heterocycles. The molecule has 0 amide bonds. The normalized spacial score (nSPS) is 17.9. The summed E-state index contributed by atoms with van der Waals surface area (Å²) in [6, 6.07) is 21.7. The minimum absolute atomic E-state index is 0.332. The van der Waals surface area contributed by atoms with Gasteiger partial charge in [0.2, 0.25) is 0 Å². The van der Waals surface area contributed by atoms with Crippen LogP contribution in [0.5, 0.6) is 0 Å². The fraction of sp³-hybridized carbons (Fsp3) is 0.235. The van der Waals surface area contributed by atoms with Gasteiger partial charge in [-0.25, -0.2) is 0 Å². The van der Waals surface area contributed by atoms with Crippen molar-refractivity contribution in [3.63, 3.8) is 0 Å². The van der Waals surface area contributed by atoms with Crippen molar-refractivity contribution in [2.75, 3.05) is 6.54 Å². The average molecular weight is 248 g/mol. The smallest absolute Gasteiger partial charge is 0.0874 e. The summed E-state index contributed by atoms with van der Waals surface area (Å²) >= 11 is 0. The van der Waals surface area contributed by atoms with Gasteiger partial charge in [-0.05, 0) is 23.1 Å². The number of rotatable bonds is 3. The van der Waals surface area contributed by atoms with Crippen molar-refractivity contribution in [1.82, 2.24) is 4.90 Å². The Balaban J connectivity index is 1.90. The lowest BCUT2D eigenvalue weighted by atomic mass is 9.98. The third-order valence-electron chi connectivity index (χ3n) is 3.77. The van der Waals surface area contributed by atoms with E-state index in [9.17, 15) is 0 Å². The fourth-order valence-electron chi connectivity index (χ4n) is 2.86. The Morgan fingerprint density at radius 3 is 2.58 bits per heavy atom. The second kappa shape index (κ2) is 5.26. The van der Waals surface area contributed by atoms with Crippen LogP contribution in [0.25, 0.3) is 0 Å². The van der Waals surface area contributed by atoms with E-state index in [-0.39, 0.29) is 0 Å². The number of nitriles is 1. The van der Waals surface area contributed by atoms with Crippen LogP contribution < -0.4 is 0 Å². The maximum atomic E-state index is 9.00. The van der Waals surface area contributed by atoms with Crippen LogP contribution in [0.15, 0.2) is 54.6 Å². The third kappa shape index (κ3) is 2.38. The van der Waals surface area contributed by atoms with Gasteiger partial charge in [0.05, 0.1) is 12.6 Å². The zero-order chi connectivity index (χ0) is 13.1. The van der Waals surface area contributed by atoms with Gasteiger partial charge >= 0.3 is 0 Å². The first-order valence-corrected chi connectivity index (χ1v) is 6.61. The topological polar surface area (TPSA) is 27.0 Å². The summed E-state index contributed by atoms with van der Waals surface area (Å²) in [7, 11) is 0. The highest BCUT2D eigenvalue weighted by molar-refractivity contribution is 5.35. The number of hydrogen-bond acceptors (Lipinski definition) is 2. The highest BCUT2D eigenvalue weighted by Gasteiger charge is 2.29. The van der Waals surface area contributed by atoms with Gasteiger partial charge in [0.25, 0.3) is 0 Å². The van der Waals surface area contributed by atoms with E-state index >= 15 is 0 Å². The van der Waals surface area contributed by atoms with Crippen LogP contribution in [0.1, 0.15) is 22.7 Å². The molecule has 0 aliphatic carbocycles. The van der Waals surface area contributed by atoms with Crippen molar-refractivity contribution < 1.29 is 0 Å². The molecule has 0 fully saturated rings. The summed E-state index contributed by atoms with van der Waals surface area (Å²) in [4.78, 5) is 2.26. The molecular formula is C17H16N2. The fourth-order valence-corrected chi connectivity index (χ4v) is 2.86. The molecule has 2 nitrogen and oxygen atoms in total. The van der Waals surface area contributed by atoms with E-state index in [2.05, 4.69) is 59.5 Å². The Bertz CT molecular complexity index is 598. The largest absolute Gasteiger partial charge is 0.279 e. The van der Waals surface area contributed by atoms with E-state index in [1.165, 1.54) is 16.7 Å². The summed E-state index contributed by atoms with van der Waals surface area (Å²) in [6.45, 7) is 1.38. The number of benzene rings is 2. The van der Waals surface area contributed by atoms with E-state index in [1.807, 2.05) is 6.07 Å². The zero-order valence-corrected chi connectivity index (χ0v) is 10.8. The Hall–Kier alpha value is -2.11. The monoisotopic (exact) mass is 248 g/mol. The van der Waals surface area contributed by atoms with Gasteiger partial charge in [0, 0.05) is 12.6 Å². The Kier molecular flexibility index (Phi) is 3.31. The van der Waals surface area contributed by atoms with Crippen LogP contribution in [0.4, 0.5) is 0 Å².